The van der Waals surface area contributed by atoms with Crippen LogP contribution in [0.15, 0.2) is 48.5 Å². The molecule has 0 spiro atoms. The van der Waals surface area contributed by atoms with Gasteiger partial charge in [0.2, 0.25) is 0 Å². The summed E-state index contributed by atoms with van der Waals surface area (Å²) in [5.74, 6) is -0.479. The Hall–Kier alpha value is -4.88. The van der Waals surface area contributed by atoms with E-state index >= 15 is 0 Å². The molecule has 4 amide bonds. The minimum Gasteiger partial charge on any atom is -0.444 e. The molecule has 4 N–H and O–H groups in total. The van der Waals surface area contributed by atoms with Crippen molar-refractivity contribution in [2.24, 2.45) is 0 Å². The molecule has 0 unspecified atom stereocenters. The van der Waals surface area contributed by atoms with Gasteiger partial charge in [-0.15, -0.1) is 0 Å². The lowest BCUT2D eigenvalue weighted by Crippen LogP contribution is -2.47. The average molecular weight is 669 g/mol. The molecule has 0 aliphatic carbocycles. The Morgan fingerprint density at radius 2 is 1.12 bits per heavy atom. The van der Waals surface area contributed by atoms with E-state index in [9.17, 15) is 29.3 Å². The molecular formula is C34H48N6O8. The first-order valence-electron chi connectivity index (χ1n) is 16.1. The maximum Gasteiger partial charge on any atom is 0.410 e. The smallest absolute Gasteiger partial charge is 0.410 e. The Kier molecular flexibility index (Phi) is 12.8. The number of hydrogen-bond donors (Lipinski definition) is 3. The monoisotopic (exact) mass is 668 g/mol. The zero-order valence-electron chi connectivity index (χ0n) is 28.6. The van der Waals surface area contributed by atoms with Gasteiger partial charge in [0.15, 0.2) is 0 Å². The number of nitrogens with one attached hydrogen (secondary N) is 2. The number of benzene rings is 2. The molecule has 2 fully saturated rings. The molecular weight excluding hydrogens is 620 g/mol. The highest BCUT2D eigenvalue weighted by Gasteiger charge is 2.29. The predicted molar refractivity (Wildman–Crippen MR) is 181 cm³/mol. The molecule has 0 radical (unpaired) electrons. The summed E-state index contributed by atoms with van der Waals surface area (Å²) in [7, 11) is 0. The molecule has 0 aromatic heterocycles. The minimum atomic E-state index is -0.538. The lowest BCUT2D eigenvalue weighted by atomic mass is 10.0. The second-order valence-electron chi connectivity index (χ2n) is 13.9. The number of amides is 4. The molecule has 2 aromatic rings. The van der Waals surface area contributed by atoms with Crippen molar-refractivity contribution in [3.05, 3.63) is 69.8 Å². The third-order valence-corrected chi connectivity index (χ3v) is 7.43. The van der Waals surface area contributed by atoms with E-state index in [1.54, 1.807) is 34.1 Å². The molecule has 0 bridgehead atoms. The first-order chi connectivity index (χ1) is 22.4. The molecule has 14 heteroatoms. The lowest BCUT2D eigenvalue weighted by Gasteiger charge is -2.33. The van der Waals surface area contributed by atoms with Crippen LogP contribution in [0, 0.1) is 10.1 Å². The van der Waals surface area contributed by atoms with Crippen molar-refractivity contribution in [1.82, 2.24) is 20.4 Å². The van der Waals surface area contributed by atoms with Crippen LogP contribution < -0.4 is 16.4 Å². The largest absolute Gasteiger partial charge is 0.444 e. The Balaban J connectivity index is 0.000000261. The van der Waals surface area contributed by atoms with E-state index < -0.39 is 16.1 Å². The van der Waals surface area contributed by atoms with Gasteiger partial charge in [-0.1, -0.05) is 12.1 Å². The van der Waals surface area contributed by atoms with E-state index in [-0.39, 0.29) is 47.3 Å². The number of carbonyl (C=O) groups excluding carboxylic acids is 4. The number of hydrogen-bond acceptors (Lipinski definition) is 9. The molecule has 2 saturated heterocycles. The number of nitro groups is 1. The van der Waals surface area contributed by atoms with Gasteiger partial charge in [-0.25, -0.2) is 9.59 Å². The van der Waals surface area contributed by atoms with E-state index in [4.69, 9.17) is 15.2 Å². The van der Waals surface area contributed by atoms with Crippen LogP contribution in [0.25, 0.3) is 0 Å². The summed E-state index contributed by atoms with van der Waals surface area (Å²) in [5.41, 5.74) is 5.92. The van der Waals surface area contributed by atoms with Gasteiger partial charge in [-0.05, 0) is 91.5 Å². The molecule has 14 nitrogen and oxygen atoms in total. The number of rotatable bonds is 5. The third kappa shape index (κ3) is 12.4. The summed E-state index contributed by atoms with van der Waals surface area (Å²) in [6.45, 7) is 13.2. The molecule has 2 heterocycles. The number of ether oxygens (including phenoxy) is 2. The van der Waals surface area contributed by atoms with Gasteiger partial charge in [0.1, 0.15) is 11.2 Å². The first-order valence-corrected chi connectivity index (χ1v) is 16.1. The van der Waals surface area contributed by atoms with Gasteiger partial charge in [-0.2, -0.15) is 0 Å². The number of non-ortho nitro benzene ring substituents is 1. The fraction of sp³-hybridized carbons (Fsp3) is 0.529. The van der Waals surface area contributed by atoms with Crippen molar-refractivity contribution >= 4 is 35.4 Å². The summed E-state index contributed by atoms with van der Waals surface area (Å²) in [5, 5.41) is 16.7. The fourth-order valence-corrected chi connectivity index (χ4v) is 5.04. The maximum atomic E-state index is 12.3. The van der Waals surface area contributed by atoms with Crippen LogP contribution in [0.1, 0.15) is 87.9 Å². The lowest BCUT2D eigenvalue weighted by molar-refractivity contribution is -0.384. The second-order valence-corrected chi connectivity index (χ2v) is 13.9. The molecule has 0 atom stereocenters. The van der Waals surface area contributed by atoms with Crippen molar-refractivity contribution in [1.29, 1.82) is 0 Å². The van der Waals surface area contributed by atoms with Gasteiger partial charge in [0.25, 0.3) is 17.5 Å². The number of carbonyl (C=O) groups is 4. The summed E-state index contributed by atoms with van der Waals surface area (Å²) in [6.07, 6.45) is 2.01. The van der Waals surface area contributed by atoms with Crippen molar-refractivity contribution in [2.45, 2.75) is 90.5 Å². The predicted octanol–water partition coefficient (Wildman–Crippen LogP) is 5.12. The molecule has 48 heavy (non-hydrogen) atoms. The number of nitro benzene ring substituents is 1. The van der Waals surface area contributed by atoms with Gasteiger partial charge in [0.05, 0.1) is 4.92 Å². The molecule has 2 aliphatic rings. The molecule has 4 rings (SSSR count). The van der Waals surface area contributed by atoms with Crippen LogP contribution in [0.5, 0.6) is 0 Å². The second kappa shape index (κ2) is 16.3. The Morgan fingerprint density at radius 1 is 0.729 bits per heavy atom. The van der Waals surface area contributed by atoms with E-state index in [2.05, 4.69) is 10.6 Å². The van der Waals surface area contributed by atoms with Gasteiger partial charge in [0, 0.05) is 67.2 Å². The summed E-state index contributed by atoms with van der Waals surface area (Å²) in [4.78, 5) is 62.0. The first kappa shape index (κ1) is 37.6. The highest BCUT2D eigenvalue weighted by atomic mass is 16.6. The Bertz CT molecular complexity index is 1450. The summed E-state index contributed by atoms with van der Waals surface area (Å²) < 4.78 is 10.7. The van der Waals surface area contributed by atoms with E-state index in [0.29, 0.717) is 63.1 Å². The molecule has 0 saturated carbocycles. The van der Waals surface area contributed by atoms with E-state index in [1.165, 1.54) is 24.3 Å². The summed E-state index contributed by atoms with van der Waals surface area (Å²) >= 11 is 0. The topological polar surface area (TPSA) is 186 Å². The number of piperidine rings is 2. The highest BCUT2D eigenvalue weighted by Crippen LogP contribution is 2.19. The molecule has 2 aliphatic heterocycles. The van der Waals surface area contributed by atoms with Crippen LogP contribution in [-0.2, 0) is 9.47 Å². The van der Waals surface area contributed by atoms with Crippen molar-refractivity contribution in [2.75, 3.05) is 31.9 Å². The van der Waals surface area contributed by atoms with Crippen molar-refractivity contribution in [3.63, 3.8) is 0 Å². The number of likely N-dealkylation sites (tertiary alicyclic amines) is 2. The summed E-state index contributed by atoms with van der Waals surface area (Å²) in [6, 6.07) is 12.5. The quantitative estimate of drug-likeness (QED) is 0.221. The standard InChI is InChI=1S/C17H23N3O5.C17H25N3O3/c1-17(2,3)25-16(22)19-9-7-13(8-10-19)18-15(21)12-5-4-6-14(11-12)20(23)24;1-17(2,3)23-16(22)20-9-7-14(8-10-20)19-15(21)12-5-4-6-13(18)11-12/h4-6,11,13H,7-10H2,1-3H3,(H,18,21);4-6,11,14H,7-10,18H2,1-3H3,(H,19,21). The zero-order chi connectivity index (χ0) is 35.6. The number of nitrogens with zero attached hydrogens (tertiary/aromatic N) is 3. The Morgan fingerprint density at radius 3 is 1.50 bits per heavy atom. The fourth-order valence-electron chi connectivity index (χ4n) is 5.04. The minimum absolute atomic E-state index is 0.0580. The van der Waals surface area contributed by atoms with Gasteiger partial charge >= 0.3 is 12.2 Å². The van der Waals surface area contributed by atoms with Crippen LogP contribution in [-0.4, -0.2) is 88.2 Å². The Labute approximate surface area is 281 Å². The maximum absolute atomic E-state index is 12.3. The van der Waals surface area contributed by atoms with Crippen molar-refractivity contribution < 1.29 is 33.6 Å². The average Bonchev–Trinajstić information content (AvgIpc) is 3.00. The van der Waals surface area contributed by atoms with Crippen molar-refractivity contribution in [3.8, 4) is 0 Å². The number of nitrogen functional groups attached to an aromatic ring is 1. The molecule has 2 aromatic carbocycles. The van der Waals surface area contributed by atoms with Gasteiger partial charge < -0.3 is 35.6 Å². The zero-order valence-corrected chi connectivity index (χ0v) is 28.6. The van der Waals surface area contributed by atoms with Crippen LogP contribution in [0.4, 0.5) is 21.0 Å². The number of nitrogens with two attached hydrogens (primary N) is 1. The number of anilines is 1. The van der Waals surface area contributed by atoms with Crippen LogP contribution in [0.2, 0.25) is 0 Å². The highest BCUT2D eigenvalue weighted by molar-refractivity contribution is 5.95. The van der Waals surface area contributed by atoms with Gasteiger partial charge in [-0.3, -0.25) is 19.7 Å². The van der Waals surface area contributed by atoms with Crippen LogP contribution >= 0.6 is 0 Å². The molecule has 262 valence electrons. The normalized spacial score (nSPS) is 15.8. The van der Waals surface area contributed by atoms with E-state index in [0.717, 1.165) is 0 Å². The van der Waals surface area contributed by atoms with E-state index in [1.807, 2.05) is 41.5 Å². The van der Waals surface area contributed by atoms with Crippen LogP contribution in [0.3, 0.4) is 0 Å². The third-order valence-electron chi connectivity index (χ3n) is 7.43. The SMILES string of the molecule is CC(C)(C)OC(=O)N1CCC(NC(=O)c2cccc(N)c2)CC1.CC(C)(C)OC(=O)N1CCC(NC(=O)c2cccc([N+](=O)[O-])c2)CC1.